The molecule has 0 N–H and O–H groups in total. The molecule has 64 valence electrons. The van der Waals surface area contributed by atoms with Crippen LogP contribution in [0.5, 0.6) is 5.75 Å². The average molecular weight is 183 g/mol. The monoisotopic (exact) mass is 182 g/mol. The first-order valence-electron chi connectivity index (χ1n) is 4.21. The Hall–Kier alpha value is -0.690. The van der Waals surface area contributed by atoms with Crippen LogP contribution in [0.1, 0.15) is 11.1 Å². The lowest BCUT2D eigenvalue weighted by molar-refractivity contribution is 0.357. The predicted molar refractivity (Wildman–Crippen MR) is 50.1 cm³/mol. The number of hydrogen-bond acceptors (Lipinski definition) is 1. The van der Waals surface area contributed by atoms with Gasteiger partial charge in [0, 0.05) is 17.9 Å². The molecule has 2 heteroatoms. The highest BCUT2D eigenvalue weighted by atomic mass is 35.5. The average Bonchev–Trinajstić information content (AvgIpc) is 2.53. The zero-order valence-corrected chi connectivity index (χ0v) is 7.60. The Morgan fingerprint density at radius 3 is 3.17 bits per heavy atom. The number of ether oxygens (including phenoxy) is 1. The number of rotatable bonds is 2. The van der Waals surface area contributed by atoms with Crippen LogP contribution in [0.3, 0.4) is 0 Å². The topological polar surface area (TPSA) is 9.23 Å². The summed E-state index contributed by atoms with van der Waals surface area (Å²) in [5, 5.41) is 0. The van der Waals surface area contributed by atoms with E-state index in [-0.39, 0.29) is 0 Å². The molecule has 0 saturated heterocycles. The second-order valence-electron chi connectivity index (χ2n) is 2.93. The summed E-state index contributed by atoms with van der Waals surface area (Å²) in [6.45, 7) is 0.828. The molecule has 1 aliphatic rings. The Bertz CT molecular complexity index is 283. The molecule has 0 spiro atoms. The molecule has 1 nitrogen and oxygen atoms in total. The van der Waals surface area contributed by atoms with Gasteiger partial charge < -0.3 is 4.74 Å². The summed E-state index contributed by atoms with van der Waals surface area (Å²) in [5.74, 6) is 1.74. The van der Waals surface area contributed by atoms with Crippen molar-refractivity contribution in [2.75, 3.05) is 12.5 Å². The van der Waals surface area contributed by atoms with E-state index in [1.807, 2.05) is 12.1 Å². The van der Waals surface area contributed by atoms with Gasteiger partial charge in [-0.05, 0) is 18.1 Å². The molecule has 2 rings (SSSR count). The molecular formula is C10H11ClO. The third kappa shape index (κ3) is 1.29. The van der Waals surface area contributed by atoms with Gasteiger partial charge in [0.25, 0.3) is 0 Å². The van der Waals surface area contributed by atoms with Crippen molar-refractivity contribution in [2.45, 2.75) is 12.8 Å². The minimum Gasteiger partial charge on any atom is -0.493 e. The van der Waals surface area contributed by atoms with Gasteiger partial charge in [-0.15, -0.1) is 11.6 Å². The molecule has 1 heterocycles. The Morgan fingerprint density at radius 2 is 2.33 bits per heavy atom. The lowest BCUT2D eigenvalue weighted by Crippen LogP contribution is -1.91. The molecule has 1 aromatic rings. The van der Waals surface area contributed by atoms with Crippen LogP contribution < -0.4 is 4.74 Å². The van der Waals surface area contributed by atoms with Gasteiger partial charge in [-0.3, -0.25) is 0 Å². The molecule has 0 aliphatic carbocycles. The summed E-state index contributed by atoms with van der Waals surface area (Å²) in [5.41, 5.74) is 2.71. The maximum absolute atomic E-state index is 5.70. The highest BCUT2D eigenvalue weighted by Gasteiger charge is 2.14. The third-order valence-corrected chi connectivity index (χ3v) is 2.39. The lowest BCUT2D eigenvalue weighted by atomic mass is 10.0. The van der Waals surface area contributed by atoms with Crippen molar-refractivity contribution in [2.24, 2.45) is 0 Å². The molecule has 0 bridgehead atoms. The Labute approximate surface area is 77.3 Å². The van der Waals surface area contributed by atoms with Gasteiger partial charge in [0.05, 0.1) is 6.61 Å². The van der Waals surface area contributed by atoms with Crippen molar-refractivity contribution in [1.82, 2.24) is 0 Å². The molecule has 1 aromatic carbocycles. The van der Waals surface area contributed by atoms with E-state index in [0.29, 0.717) is 5.88 Å². The van der Waals surface area contributed by atoms with E-state index in [1.54, 1.807) is 0 Å². The first kappa shape index (κ1) is 7.93. The second-order valence-corrected chi connectivity index (χ2v) is 3.31. The normalized spacial score (nSPS) is 14.1. The first-order valence-corrected chi connectivity index (χ1v) is 4.75. The fraction of sp³-hybridized carbons (Fsp3) is 0.400. The molecular weight excluding hydrogens is 172 g/mol. The van der Waals surface area contributed by atoms with Crippen LogP contribution in [-0.4, -0.2) is 12.5 Å². The van der Waals surface area contributed by atoms with Crippen LogP contribution in [0.4, 0.5) is 0 Å². The highest BCUT2D eigenvalue weighted by molar-refractivity contribution is 6.18. The van der Waals surface area contributed by atoms with Gasteiger partial charge in [0.15, 0.2) is 0 Å². The van der Waals surface area contributed by atoms with Gasteiger partial charge in [-0.25, -0.2) is 0 Å². The summed E-state index contributed by atoms with van der Waals surface area (Å²) >= 11 is 5.70. The lowest BCUT2D eigenvalue weighted by Gasteiger charge is -2.03. The zero-order chi connectivity index (χ0) is 8.39. The van der Waals surface area contributed by atoms with E-state index in [9.17, 15) is 0 Å². The van der Waals surface area contributed by atoms with Gasteiger partial charge in [-0.2, -0.15) is 0 Å². The molecule has 0 radical (unpaired) electrons. The van der Waals surface area contributed by atoms with Crippen LogP contribution in [-0.2, 0) is 12.8 Å². The van der Waals surface area contributed by atoms with Crippen molar-refractivity contribution >= 4 is 11.6 Å². The van der Waals surface area contributed by atoms with E-state index in [1.165, 1.54) is 11.1 Å². The molecule has 1 aliphatic heterocycles. The van der Waals surface area contributed by atoms with Crippen molar-refractivity contribution < 1.29 is 4.74 Å². The summed E-state index contributed by atoms with van der Waals surface area (Å²) in [6, 6.07) is 6.20. The van der Waals surface area contributed by atoms with Crippen LogP contribution in [0.2, 0.25) is 0 Å². The number of halogens is 1. The molecule has 0 fully saturated rings. The fourth-order valence-electron chi connectivity index (χ4n) is 1.63. The van der Waals surface area contributed by atoms with Gasteiger partial charge in [0.1, 0.15) is 5.75 Å². The molecule has 0 amide bonds. The maximum atomic E-state index is 5.70. The summed E-state index contributed by atoms with van der Waals surface area (Å²) in [6.07, 6.45) is 2.00. The SMILES string of the molecule is ClCCc1cccc2c1CCO2. The molecule has 0 saturated carbocycles. The van der Waals surface area contributed by atoms with Crippen LogP contribution >= 0.6 is 11.6 Å². The zero-order valence-electron chi connectivity index (χ0n) is 6.85. The van der Waals surface area contributed by atoms with Gasteiger partial charge in [-0.1, -0.05) is 12.1 Å². The van der Waals surface area contributed by atoms with Crippen LogP contribution in [0.25, 0.3) is 0 Å². The van der Waals surface area contributed by atoms with E-state index in [4.69, 9.17) is 16.3 Å². The predicted octanol–water partition coefficient (Wildman–Crippen LogP) is 2.40. The minimum atomic E-state index is 0.691. The summed E-state index contributed by atoms with van der Waals surface area (Å²) in [7, 11) is 0. The second kappa shape index (κ2) is 3.36. The summed E-state index contributed by atoms with van der Waals surface area (Å²) in [4.78, 5) is 0. The smallest absolute Gasteiger partial charge is 0.122 e. The molecule has 0 aromatic heterocycles. The Morgan fingerprint density at radius 1 is 1.42 bits per heavy atom. The Balaban J connectivity index is 2.36. The van der Waals surface area contributed by atoms with Crippen molar-refractivity contribution in [3.8, 4) is 5.75 Å². The third-order valence-electron chi connectivity index (χ3n) is 2.20. The van der Waals surface area contributed by atoms with Gasteiger partial charge >= 0.3 is 0 Å². The largest absolute Gasteiger partial charge is 0.493 e. The van der Waals surface area contributed by atoms with E-state index in [2.05, 4.69) is 6.07 Å². The highest BCUT2D eigenvalue weighted by Crippen LogP contribution is 2.28. The van der Waals surface area contributed by atoms with Gasteiger partial charge in [0.2, 0.25) is 0 Å². The number of fused-ring (bicyclic) bond motifs is 1. The summed E-state index contributed by atoms with van der Waals surface area (Å²) < 4.78 is 5.44. The fourth-order valence-corrected chi connectivity index (χ4v) is 1.83. The quantitative estimate of drug-likeness (QED) is 0.639. The number of benzene rings is 1. The van der Waals surface area contributed by atoms with Crippen LogP contribution in [0, 0.1) is 0 Å². The standard InChI is InChI=1S/C10H11ClO/c11-6-4-8-2-1-3-10-9(8)5-7-12-10/h1-3H,4-7H2. The van der Waals surface area contributed by atoms with Crippen molar-refractivity contribution in [3.05, 3.63) is 29.3 Å². The van der Waals surface area contributed by atoms with Crippen molar-refractivity contribution in [3.63, 3.8) is 0 Å². The number of hydrogen-bond donors (Lipinski definition) is 0. The Kier molecular flexibility index (Phi) is 2.22. The molecule has 12 heavy (non-hydrogen) atoms. The maximum Gasteiger partial charge on any atom is 0.122 e. The van der Waals surface area contributed by atoms with E-state index in [0.717, 1.165) is 25.2 Å². The molecule has 0 unspecified atom stereocenters. The minimum absolute atomic E-state index is 0.691. The van der Waals surface area contributed by atoms with Crippen LogP contribution in [0.15, 0.2) is 18.2 Å². The van der Waals surface area contributed by atoms with E-state index >= 15 is 0 Å². The first-order chi connectivity index (χ1) is 5.92. The van der Waals surface area contributed by atoms with E-state index < -0.39 is 0 Å². The van der Waals surface area contributed by atoms with Crippen molar-refractivity contribution in [1.29, 1.82) is 0 Å². The number of aryl methyl sites for hydroxylation is 1. The molecule has 0 atom stereocenters. The number of alkyl halides is 1.